The molecule has 0 saturated carbocycles. The van der Waals surface area contributed by atoms with Crippen molar-refractivity contribution in [2.24, 2.45) is 0 Å². The van der Waals surface area contributed by atoms with Crippen LogP contribution in [-0.2, 0) is 28.7 Å². The average Bonchev–Trinajstić information content (AvgIpc) is 3.12. The van der Waals surface area contributed by atoms with Crippen molar-refractivity contribution in [3.05, 3.63) is 52.8 Å². The number of alkyl halides is 6. The number of aromatic amines is 1. The lowest BCUT2D eigenvalue weighted by atomic mass is 9.90. The maximum absolute atomic E-state index is 12.7. The summed E-state index contributed by atoms with van der Waals surface area (Å²) in [6, 6.07) is 8.18. The van der Waals surface area contributed by atoms with Crippen molar-refractivity contribution < 1.29 is 46.1 Å². The molecule has 0 saturated heterocycles. The van der Waals surface area contributed by atoms with Crippen LogP contribution in [0.5, 0.6) is 0 Å². The van der Waals surface area contributed by atoms with Gasteiger partial charge in [0.15, 0.2) is 5.69 Å². The number of carbonyl (C=O) groups is 2. The van der Waals surface area contributed by atoms with Gasteiger partial charge >= 0.3 is 24.3 Å². The van der Waals surface area contributed by atoms with Crippen LogP contribution in [0.1, 0.15) is 35.0 Å². The minimum absolute atomic E-state index is 0.0999. The number of nitrogens with zero attached hydrogens (tertiary/aromatic N) is 2. The van der Waals surface area contributed by atoms with Crippen molar-refractivity contribution in [1.82, 2.24) is 15.1 Å². The fourth-order valence-electron chi connectivity index (χ4n) is 3.10. The maximum atomic E-state index is 12.7. The van der Waals surface area contributed by atoms with E-state index in [1.165, 1.54) is 0 Å². The van der Waals surface area contributed by atoms with Crippen LogP contribution in [0.3, 0.4) is 0 Å². The third-order valence-electron chi connectivity index (χ3n) is 4.43. The zero-order valence-corrected chi connectivity index (χ0v) is 15.7. The van der Waals surface area contributed by atoms with E-state index in [2.05, 4.69) is 10.2 Å². The molecule has 0 aliphatic carbocycles. The molecule has 13 heteroatoms. The van der Waals surface area contributed by atoms with Crippen LogP contribution in [-0.4, -0.2) is 50.0 Å². The fraction of sp³-hybridized carbons (Fsp3) is 0.389. The summed E-state index contributed by atoms with van der Waals surface area (Å²) in [7, 11) is 0. The highest BCUT2D eigenvalue weighted by molar-refractivity contribution is 5.73. The van der Waals surface area contributed by atoms with Crippen LogP contribution in [0.25, 0.3) is 0 Å². The van der Waals surface area contributed by atoms with Crippen LogP contribution in [0.4, 0.5) is 26.3 Å². The highest BCUT2D eigenvalue weighted by atomic mass is 19.4. The molecule has 2 heterocycles. The van der Waals surface area contributed by atoms with Gasteiger partial charge in [-0.05, 0) is 23.6 Å². The summed E-state index contributed by atoms with van der Waals surface area (Å²) in [5.41, 5.74) is 1.35. The molecular formula is C18H17F6N3O4. The minimum atomic E-state index is -5.08. The summed E-state index contributed by atoms with van der Waals surface area (Å²) in [6.45, 7) is 0.769. The summed E-state index contributed by atoms with van der Waals surface area (Å²) in [4.78, 5) is 22.0. The molecule has 1 aromatic carbocycles. The molecule has 0 radical (unpaired) electrons. The summed E-state index contributed by atoms with van der Waals surface area (Å²) < 4.78 is 69.7. The van der Waals surface area contributed by atoms with Gasteiger partial charge in [0.1, 0.15) is 0 Å². The molecule has 0 bridgehead atoms. The molecule has 0 spiro atoms. The lowest BCUT2D eigenvalue weighted by Gasteiger charge is -2.36. The number of fused-ring (bicyclic) bond motifs is 1. The Hall–Kier alpha value is -3.09. The van der Waals surface area contributed by atoms with E-state index in [4.69, 9.17) is 9.90 Å². The Morgan fingerprint density at radius 2 is 1.74 bits per heavy atom. The molecule has 0 amide bonds. The average molecular weight is 453 g/mol. The third kappa shape index (κ3) is 6.70. The zero-order chi connectivity index (χ0) is 23.4. The van der Waals surface area contributed by atoms with Crippen LogP contribution in [0.2, 0.25) is 0 Å². The van der Waals surface area contributed by atoms with E-state index in [1.807, 2.05) is 29.2 Å². The van der Waals surface area contributed by atoms with Crippen LogP contribution >= 0.6 is 0 Å². The quantitative estimate of drug-likeness (QED) is 0.611. The first-order valence-electron chi connectivity index (χ1n) is 8.74. The Balaban J connectivity index is 0.000000423. The van der Waals surface area contributed by atoms with E-state index in [9.17, 15) is 36.2 Å². The van der Waals surface area contributed by atoms with Crippen LogP contribution in [0, 0.1) is 0 Å². The van der Waals surface area contributed by atoms with Crippen molar-refractivity contribution in [2.75, 3.05) is 6.54 Å². The van der Waals surface area contributed by atoms with Gasteiger partial charge in [-0.2, -0.15) is 31.4 Å². The Labute approximate surface area is 171 Å². The number of nitrogens with one attached hydrogen (secondary N) is 1. The Morgan fingerprint density at radius 1 is 1.13 bits per heavy atom. The molecule has 1 atom stereocenters. The number of aliphatic carboxylic acids is 2. The van der Waals surface area contributed by atoms with Gasteiger partial charge in [0.2, 0.25) is 0 Å². The second-order valence-corrected chi connectivity index (χ2v) is 6.61. The normalized spacial score (nSPS) is 16.8. The van der Waals surface area contributed by atoms with Gasteiger partial charge in [-0.15, -0.1) is 0 Å². The molecule has 0 unspecified atom stereocenters. The van der Waals surface area contributed by atoms with Crippen molar-refractivity contribution in [1.29, 1.82) is 0 Å². The number of hydrogen-bond acceptors (Lipinski definition) is 4. The lowest BCUT2D eigenvalue weighted by molar-refractivity contribution is -0.192. The number of benzene rings is 1. The van der Waals surface area contributed by atoms with E-state index in [1.54, 1.807) is 0 Å². The lowest BCUT2D eigenvalue weighted by Crippen LogP contribution is -2.36. The predicted octanol–water partition coefficient (Wildman–Crippen LogP) is 3.64. The number of rotatable bonds is 4. The second-order valence-electron chi connectivity index (χ2n) is 6.61. The summed E-state index contributed by atoms with van der Waals surface area (Å²) in [6.07, 6.45) is -8.95. The molecule has 1 aliphatic rings. The monoisotopic (exact) mass is 453 g/mol. The van der Waals surface area contributed by atoms with Crippen molar-refractivity contribution in [3.8, 4) is 0 Å². The van der Waals surface area contributed by atoms with Gasteiger partial charge in [-0.25, -0.2) is 4.79 Å². The van der Waals surface area contributed by atoms with E-state index in [-0.39, 0.29) is 19.0 Å². The topological polar surface area (TPSA) is 107 Å². The molecule has 0 fully saturated rings. The second kappa shape index (κ2) is 9.37. The smallest absolute Gasteiger partial charge is 0.481 e. The molecule has 170 valence electrons. The predicted molar refractivity (Wildman–Crippen MR) is 92.8 cm³/mol. The number of carboxylic acids is 2. The first-order chi connectivity index (χ1) is 14.3. The minimum Gasteiger partial charge on any atom is -0.481 e. The summed E-state index contributed by atoms with van der Waals surface area (Å²) >= 11 is 0. The van der Waals surface area contributed by atoms with Gasteiger partial charge in [-0.1, -0.05) is 24.3 Å². The Morgan fingerprint density at radius 3 is 2.26 bits per heavy atom. The molecule has 2 aromatic rings. The first kappa shape index (κ1) is 24.2. The van der Waals surface area contributed by atoms with Crippen molar-refractivity contribution in [2.45, 2.75) is 37.8 Å². The third-order valence-corrected chi connectivity index (χ3v) is 4.43. The maximum Gasteiger partial charge on any atom is 0.490 e. The number of halogens is 6. The van der Waals surface area contributed by atoms with E-state index < -0.39 is 30.0 Å². The Kier molecular flexibility index (Phi) is 7.31. The van der Waals surface area contributed by atoms with Gasteiger partial charge in [0, 0.05) is 24.8 Å². The summed E-state index contributed by atoms with van der Waals surface area (Å²) in [5.74, 6) is -3.70. The van der Waals surface area contributed by atoms with Gasteiger partial charge in [0.05, 0.1) is 6.42 Å². The number of carboxylic acid groups (broad SMARTS) is 2. The van der Waals surface area contributed by atoms with Gasteiger partial charge < -0.3 is 10.2 Å². The molecule has 1 aliphatic heterocycles. The SMILES string of the molecule is O=C(O)C(F)(F)F.O=C(O)C[C@H]1c2ccccc2CCN1Cc1cc(C(F)(F)F)n[nH]1. The molecular weight excluding hydrogens is 436 g/mol. The molecule has 3 rings (SSSR count). The highest BCUT2D eigenvalue weighted by Crippen LogP contribution is 2.34. The first-order valence-corrected chi connectivity index (χ1v) is 8.74. The number of H-pyrrole nitrogens is 1. The van der Waals surface area contributed by atoms with Crippen LogP contribution in [0.15, 0.2) is 30.3 Å². The van der Waals surface area contributed by atoms with Crippen LogP contribution < -0.4 is 0 Å². The highest BCUT2D eigenvalue weighted by Gasteiger charge is 2.38. The van der Waals surface area contributed by atoms with Gasteiger partial charge in [-0.3, -0.25) is 14.8 Å². The standard InChI is InChI=1S/C16H16F3N3O2.C2HF3O2/c17-16(18,19)14-7-11(20-21-14)9-22-6-5-10-3-1-2-4-12(10)13(22)8-15(23)24;3-2(4,5)1(6)7/h1-4,7,13H,5-6,8-9H2,(H,20,21)(H,23,24);(H,6,7)/t13-;/m0./s1. The number of aromatic nitrogens is 2. The van der Waals surface area contributed by atoms with E-state index in [0.29, 0.717) is 12.2 Å². The van der Waals surface area contributed by atoms with Gasteiger partial charge in [0.25, 0.3) is 0 Å². The molecule has 1 aromatic heterocycles. The zero-order valence-electron chi connectivity index (χ0n) is 15.7. The largest absolute Gasteiger partial charge is 0.490 e. The molecule has 7 nitrogen and oxygen atoms in total. The van der Waals surface area contributed by atoms with Crippen molar-refractivity contribution >= 4 is 11.9 Å². The van der Waals surface area contributed by atoms with E-state index >= 15 is 0 Å². The molecule has 31 heavy (non-hydrogen) atoms. The van der Waals surface area contributed by atoms with Crippen molar-refractivity contribution in [3.63, 3.8) is 0 Å². The van der Waals surface area contributed by atoms with E-state index in [0.717, 1.165) is 23.6 Å². The summed E-state index contributed by atoms with van der Waals surface area (Å²) in [5, 5.41) is 22.0. The number of hydrogen-bond donors (Lipinski definition) is 3. The molecule has 3 N–H and O–H groups in total. The Bertz CT molecular complexity index is 926. The fourth-order valence-corrected chi connectivity index (χ4v) is 3.10.